The SMILES string of the molecule is CC(C)(C)CC1C(C(=O)O)NC(c2cccc(Cl)c2)C1(C#N)c1ccc(Cl)cc1.O=C(O)C(F)(F)F. The number of aliphatic carboxylic acids is 2. The summed E-state index contributed by atoms with van der Waals surface area (Å²) in [5.41, 5.74) is 0.278. The van der Waals surface area contributed by atoms with Crippen molar-refractivity contribution in [1.29, 1.82) is 5.26 Å². The van der Waals surface area contributed by atoms with Gasteiger partial charge in [0.1, 0.15) is 11.5 Å². The van der Waals surface area contributed by atoms with Crippen molar-refractivity contribution in [3.05, 3.63) is 69.7 Å². The van der Waals surface area contributed by atoms with E-state index in [9.17, 15) is 28.3 Å². The van der Waals surface area contributed by atoms with E-state index < -0.39 is 41.5 Å². The monoisotopic (exact) mass is 544 g/mol. The van der Waals surface area contributed by atoms with Crippen LogP contribution in [0.4, 0.5) is 13.2 Å². The van der Waals surface area contributed by atoms with Gasteiger partial charge in [0.05, 0.1) is 12.1 Å². The molecule has 0 aromatic heterocycles. The number of carboxylic acids is 2. The van der Waals surface area contributed by atoms with Crippen molar-refractivity contribution >= 4 is 35.1 Å². The molecule has 1 aliphatic heterocycles. The van der Waals surface area contributed by atoms with E-state index in [0.29, 0.717) is 16.5 Å². The molecule has 36 heavy (non-hydrogen) atoms. The summed E-state index contributed by atoms with van der Waals surface area (Å²) in [6.45, 7) is 6.17. The largest absolute Gasteiger partial charge is 0.490 e. The number of hydrogen-bond donors (Lipinski definition) is 3. The Kier molecular flexibility index (Phi) is 9.05. The van der Waals surface area contributed by atoms with Gasteiger partial charge in [0.25, 0.3) is 0 Å². The highest BCUT2D eigenvalue weighted by molar-refractivity contribution is 6.30. The van der Waals surface area contributed by atoms with E-state index in [1.165, 1.54) is 0 Å². The number of nitrogens with one attached hydrogen (secondary N) is 1. The minimum Gasteiger partial charge on any atom is -0.480 e. The lowest BCUT2D eigenvalue weighted by atomic mass is 9.62. The predicted octanol–water partition coefficient (Wildman–Crippen LogP) is 6.24. The molecule has 194 valence electrons. The summed E-state index contributed by atoms with van der Waals surface area (Å²) in [6, 6.07) is 15.5. The molecule has 0 spiro atoms. The molecule has 11 heteroatoms. The van der Waals surface area contributed by atoms with Gasteiger partial charge in [-0.3, -0.25) is 10.1 Å². The predicted molar refractivity (Wildman–Crippen MR) is 129 cm³/mol. The van der Waals surface area contributed by atoms with Crippen molar-refractivity contribution in [3.63, 3.8) is 0 Å². The number of alkyl halides is 3. The Morgan fingerprint density at radius 1 is 1.06 bits per heavy atom. The Morgan fingerprint density at radius 2 is 1.61 bits per heavy atom. The van der Waals surface area contributed by atoms with Gasteiger partial charge < -0.3 is 10.2 Å². The fourth-order valence-electron chi connectivity index (χ4n) is 4.45. The van der Waals surface area contributed by atoms with Crippen LogP contribution in [0, 0.1) is 22.7 Å². The molecule has 0 radical (unpaired) electrons. The van der Waals surface area contributed by atoms with E-state index in [4.69, 9.17) is 33.1 Å². The number of halogens is 5. The first-order valence-electron chi connectivity index (χ1n) is 10.7. The summed E-state index contributed by atoms with van der Waals surface area (Å²) in [5, 5.41) is 32.0. The molecule has 0 aliphatic carbocycles. The number of carboxylic acid groups (broad SMARTS) is 2. The van der Waals surface area contributed by atoms with E-state index in [1.807, 2.05) is 24.3 Å². The van der Waals surface area contributed by atoms with Crippen molar-refractivity contribution in [1.82, 2.24) is 5.32 Å². The molecule has 4 atom stereocenters. The number of hydrogen-bond acceptors (Lipinski definition) is 4. The van der Waals surface area contributed by atoms with E-state index in [2.05, 4.69) is 32.2 Å². The van der Waals surface area contributed by atoms with Crippen LogP contribution < -0.4 is 5.32 Å². The lowest BCUT2D eigenvalue weighted by Crippen LogP contribution is -2.41. The van der Waals surface area contributed by atoms with Gasteiger partial charge in [0.2, 0.25) is 0 Å². The zero-order chi connectivity index (χ0) is 27.5. The third-order valence-corrected chi connectivity index (χ3v) is 6.31. The minimum atomic E-state index is -5.08. The van der Waals surface area contributed by atoms with Crippen molar-refractivity contribution in [2.75, 3.05) is 0 Å². The van der Waals surface area contributed by atoms with Crippen molar-refractivity contribution < 1.29 is 33.0 Å². The van der Waals surface area contributed by atoms with E-state index in [0.717, 1.165) is 11.1 Å². The Bertz CT molecular complexity index is 1140. The zero-order valence-electron chi connectivity index (χ0n) is 19.6. The number of rotatable bonds is 4. The van der Waals surface area contributed by atoms with Crippen LogP contribution in [0.25, 0.3) is 0 Å². The number of nitrogens with zero attached hydrogens (tertiary/aromatic N) is 1. The minimum absolute atomic E-state index is 0.169. The maximum atomic E-state index is 12.2. The number of carbonyl (C=O) groups is 2. The molecule has 4 unspecified atom stereocenters. The second-order valence-corrected chi connectivity index (χ2v) is 10.5. The fraction of sp³-hybridized carbons (Fsp3) is 0.400. The van der Waals surface area contributed by atoms with Gasteiger partial charge >= 0.3 is 18.1 Å². The standard InChI is InChI=1S/C23H24Cl2N2O2.C2HF3O2/c1-22(2,3)12-18-19(21(28)29)27-20(14-5-4-6-17(25)11-14)23(18,13-26)15-7-9-16(24)10-8-15;3-2(4,5)1(6)7/h4-11,18-20,27H,12H2,1-3H3,(H,28,29);(H,6,7). The molecule has 1 saturated heterocycles. The molecule has 1 aliphatic rings. The normalized spacial score (nSPS) is 23.8. The van der Waals surface area contributed by atoms with Gasteiger partial charge in [-0.25, -0.2) is 4.79 Å². The van der Waals surface area contributed by atoms with Gasteiger partial charge in [-0.1, -0.05) is 68.2 Å². The third-order valence-electron chi connectivity index (χ3n) is 5.82. The van der Waals surface area contributed by atoms with Gasteiger partial charge in [0, 0.05) is 16.0 Å². The molecular formula is C25H25Cl2F3N2O4. The number of benzene rings is 2. The molecule has 1 heterocycles. The quantitative estimate of drug-likeness (QED) is 0.420. The maximum absolute atomic E-state index is 12.2. The second-order valence-electron chi connectivity index (χ2n) is 9.63. The maximum Gasteiger partial charge on any atom is 0.490 e. The fourth-order valence-corrected chi connectivity index (χ4v) is 4.77. The van der Waals surface area contributed by atoms with Crippen LogP contribution in [0.2, 0.25) is 10.0 Å². The van der Waals surface area contributed by atoms with Crippen LogP contribution in [0.15, 0.2) is 48.5 Å². The van der Waals surface area contributed by atoms with Crippen molar-refractivity contribution in [2.45, 2.75) is 50.9 Å². The summed E-state index contributed by atoms with van der Waals surface area (Å²) < 4.78 is 31.7. The molecule has 6 nitrogen and oxygen atoms in total. The molecular weight excluding hydrogens is 520 g/mol. The van der Waals surface area contributed by atoms with Crippen LogP contribution in [0.1, 0.15) is 44.4 Å². The Hall–Kier alpha value is -2.80. The highest BCUT2D eigenvalue weighted by Gasteiger charge is 2.59. The average Bonchev–Trinajstić information content (AvgIpc) is 3.07. The molecule has 0 amide bonds. The Balaban J connectivity index is 0.000000572. The van der Waals surface area contributed by atoms with E-state index in [-0.39, 0.29) is 5.41 Å². The highest BCUT2D eigenvalue weighted by Crippen LogP contribution is 2.53. The molecule has 2 aromatic carbocycles. The van der Waals surface area contributed by atoms with Crippen LogP contribution in [0.5, 0.6) is 0 Å². The lowest BCUT2D eigenvalue weighted by molar-refractivity contribution is -0.192. The van der Waals surface area contributed by atoms with Crippen LogP contribution in [0.3, 0.4) is 0 Å². The molecule has 1 fully saturated rings. The van der Waals surface area contributed by atoms with Crippen molar-refractivity contribution in [2.24, 2.45) is 11.3 Å². The Labute approximate surface area is 216 Å². The highest BCUT2D eigenvalue weighted by atomic mass is 35.5. The van der Waals surface area contributed by atoms with Crippen molar-refractivity contribution in [3.8, 4) is 6.07 Å². The third kappa shape index (κ3) is 6.69. The van der Waals surface area contributed by atoms with Gasteiger partial charge in [-0.05, 0) is 47.2 Å². The van der Waals surface area contributed by atoms with E-state index >= 15 is 0 Å². The van der Waals surface area contributed by atoms with Crippen LogP contribution >= 0.6 is 23.2 Å². The molecule has 0 bridgehead atoms. The van der Waals surface area contributed by atoms with Crippen LogP contribution in [-0.4, -0.2) is 34.4 Å². The zero-order valence-corrected chi connectivity index (χ0v) is 21.1. The number of nitriles is 1. The van der Waals surface area contributed by atoms with Gasteiger partial charge in [0.15, 0.2) is 0 Å². The smallest absolute Gasteiger partial charge is 0.480 e. The molecule has 3 rings (SSSR count). The first kappa shape index (κ1) is 29.4. The Morgan fingerprint density at radius 3 is 2.03 bits per heavy atom. The summed E-state index contributed by atoms with van der Waals surface area (Å²) >= 11 is 12.3. The molecule has 2 aromatic rings. The lowest BCUT2D eigenvalue weighted by Gasteiger charge is -2.37. The van der Waals surface area contributed by atoms with Gasteiger partial charge in [-0.15, -0.1) is 0 Å². The summed E-state index contributed by atoms with van der Waals surface area (Å²) in [6.07, 6.45) is -4.52. The summed E-state index contributed by atoms with van der Waals surface area (Å²) in [7, 11) is 0. The first-order valence-corrected chi connectivity index (χ1v) is 11.5. The second kappa shape index (κ2) is 11.1. The van der Waals surface area contributed by atoms with Crippen LogP contribution in [-0.2, 0) is 15.0 Å². The summed E-state index contributed by atoms with van der Waals surface area (Å²) in [4.78, 5) is 21.1. The molecule has 3 N–H and O–H groups in total. The average molecular weight is 545 g/mol. The van der Waals surface area contributed by atoms with E-state index in [1.54, 1.807) is 24.3 Å². The summed E-state index contributed by atoms with van der Waals surface area (Å²) in [5.74, 6) is -4.17. The topological polar surface area (TPSA) is 110 Å². The molecule has 0 saturated carbocycles. The first-order chi connectivity index (χ1) is 16.5. The van der Waals surface area contributed by atoms with Gasteiger partial charge in [-0.2, -0.15) is 18.4 Å².